The molecule has 4 amide bonds. The van der Waals surface area contributed by atoms with E-state index in [1.807, 2.05) is 0 Å². The van der Waals surface area contributed by atoms with Gasteiger partial charge in [0.2, 0.25) is 23.6 Å². The van der Waals surface area contributed by atoms with E-state index in [1.54, 1.807) is 13.8 Å². The first kappa shape index (κ1) is 33.0. The van der Waals surface area contributed by atoms with Gasteiger partial charge in [-0.05, 0) is 25.2 Å². The minimum atomic E-state index is -1.55. The van der Waals surface area contributed by atoms with Gasteiger partial charge in [-0.15, -0.1) is 0 Å². The molecule has 0 saturated heterocycles. The van der Waals surface area contributed by atoms with Crippen LogP contribution >= 0.6 is 0 Å². The highest BCUT2D eigenvalue weighted by atomic mass is 16.4. The Balaban J connectivity index is 5.78. The summed E-state index contributed by atoms with van der Waals surface area (Å²) in [6, 6.07) is -5.52. The molecule has 15 nitrogen and oxygen atoms in total. The van der Waals surface area contributed by atoms with E-state index in [0.717, 1.165) is 0 Å². The zero-order chi connectivity index (χ0) is 28.7. The fourth-order valence-corrected chi connectivity index (χ4v) is 3.17. The van der Waals surface area contributed by atoms with Crippen molar-refractivity contribution in [3.8, 4) is 0 Å². The van der Waals surface area contributed by atoms with Crippen molar-refractivity contribution < 1.29 is 53.7 Å². The molecule has 0 fully saturated rings. The Kier molecular flexibility index (Phi) is 14.8. The second-order valence-corrected chi connectivity index (χ2v) is 8.72. The molecule has 0 aliphatic heterocycles. The molecule has 0 saturated carbocycles. The highest BCUT2D eigenvalue weighted by Crippen LogP contribution is 2.08. The van der Waals surface area contributed by atoms with Crippen LogP contribution in [0, 0.1) is 5.92 Å². The first-order valence-electron chi connectivity index (χ1n) is 11.4. The second-order valence-electron chi connectivity index (χ2n) is 8.72. The number of aliphatic carboxylic acids is 3. The number of aldehydes is 1. The van der Waals surface area contributed by atoms with Crippen LogP contribution in [0.4, 0.5) is 0 Å². The minimum Gasteiger partial charge on any atom is -0.481 e. The number of rotatable bonds is 18. The summed E-state index contributed by atoms with van der Waals surface area (Å²) in [5.74, 6) is -7.38. The maximum absolute atomic E-state index is 13.0. The number of carbonyl (C=O) groups is 8. The molecule has 208 valence electrons. The van der Waals surface area contributed by atoms with Crippen LogP contribution in [0.25, 0.3) is 0 Å². The van der Waals surface area contributed by atoms with Crippen molar-refractivity contribution in [2.45, 2.75) is 83.5 Å². The van der Waals surface area contributed by atoms with Gasteiger partial charge in [0, 0.05) is 19.8 Å². The number of carboxylic acids is 3. The van der Waals surface area contributed by atoms with Gasteiger partial charge in [0.15, 0.2) is 0 Å². The van der Waals surface area contributed by atoms with Crippen molar-refractivity contribution >= 4 is 47.8 Å². The van der Waals surface area contributed by atoms with Crippen LogP contribution in [-0.4, -0.2) is 87.3 Å². The number of hydrogen-bond donors (Lipinski definition) is 7. The van der Waals surface area contributed by atoms with Gasteiger partial charge in [-0.2, -0.15) is 0 Å². The molecule has 0 rings (SSSR count). The van der Waals surface area contributed by atoms with Crippen LogP contribution in [-0.2, 0) is 38.4 Å². The lowest BCUT2D eigenvalue weighted by Crippen LogP contribution is -2.57. The van der Waals surface area contributed by atoms with Gasteiger partial charge in [-0.25, -0.2) is 0 Å². The molecule has 37 heavy (non-hydrogen) atoms. The molecule has 0 aromatic rings. The summed E-state index contributed by atoms with van der Waals surface area (Å²) in [7, 11) is 0. The van der Waals surface area contributed by atoms with Gasteiger partial charge in [0.25, 0.3) is 0 Å². The summed E-state index contributed by atoms with van der Waals surface area (Å²) in [5.41, 5.74) is 0. The summed E-state index contributed by atoms with van der Waals surface area (Å²) < 4.78 is 0. The maximum Gasteiger partial charge on any atom is 0.305 e. The van der Waals surface area contributed by atoms with Crippen molar-refractivity contribution in [2.75, 3.05) is 0 Å². The van der Waals surface area contributed by atoms with Crippen LogP contribution in [0.1, 0.15) is 59.3 Å². The number of hydrogen-bond acceptors (Lipinski definition) is 8. The number of carboxylic acid groups (broad SMARTS) is 3. The molecule has 0 spiro atoms. The van der Waals surface area contributed by atoms with Crippen LogP contribution in [0.2, 0.25) is 0 Å². The Morgan fingerprint density at radius 3 is 1.46 bits per heavy atom. The first-order valence-corrected chi connectivity index (χ1v) is 11.4. The summed E-state index contributed by atoms with van der Waals surface area (Å²) in [4.78, 5) is 93.9. The largest absolute Gasteiger partial charge is 0.481 e. The molecule has 0 radical (unpaired) electrons. The molecule has 15 heteroatoms. The third-order valence-electron chi connectivity index (χ3n) is 4.85. The number of amides is 4. The summed E-state index contributed by atoms with van der Waals surface area (Å²) in [5, 5.41) is 36.0. The third-order valence-corrected chi connectivity index (χ3v) is 4.85. The molecule has 4 atom stereocenters. The van der Waals surface area contributed by atoms with E-state index in [0.29, 0.717) is 0 Å². The molecule has 0 heterocycles. The Labute approximate surface area is 212 Å². The van der Waals surface area contributed by atoms with E-state index in [-0.39, 0.29) is 18.6 Å². The summed E-state index contributed by atoms with van der Waals surface area (Å²) >= 11 is 0. The lowest BCUT2D eigenvalue weighted by molar-refractivity contribution is -0.140. The zero-order valence-electron chi connectivity index (χ0n) is 20.8. The fraction of sp³-hybridized carbons (Fsp3) is 0.636. The normalized spacial score (nSPS) is 13.8. The fourth-order valence-electron chi connectivity index (χ4n) is 3.17. The van der Waals surface area contributed by atoms with Crippen molar-refractivity contribution in [3.05, 3.63) is 0 Å². The van der Waals surface area contributed by atoms with E-state index >= 15 is 0 Å². The van der Waals surface area contributed by atoms with Gasteiger partial charge in [0.1, 0.15) is 24.4 Å². The first-order chi connectivity index (χ1) is 17.2. The summed E-state index contributed by atoms with van der Waals surface area (Å²) in [6.45, 7) is 4.77. The van der Waals surface area contributed by atoms with Crippen LogP contribution in [0.3, 0.4) is 0 Å². The molecular formula is C22H34N4O11. The van der Waals surface area contributed by atoms with Crippen molar-refractivity contribution in [1.82, 2.24) is 21.3 Å². The van der Waals surface area contributed by atoms with E-state index in [2.05, 4.69) is 21.3 Å². The van der Waals surface area contributed by atoms with E-state index in [9.17, 15) is 38.4 Å². The average Bonchev–Trinajstić information content (AvgIpc) is 2.76. The Morgan fingerprint density at radius 2 is 1.11 bits per heavy atom. The predicted octanol–water partition coefficient (Wildman–Crippen LogP) is -1.61. The van der Waals surface area contributed by atoms with E-state index in [1.165, 1.54) is 6.92 Å². The van der Waals surface area contributed by atoms with Crippen LogP contribution < -0.4 is 21.3 Å². The Bertz CT molecular complexity index is 875. The van der Waals surface area contributed by atoms with Gasteiger partial charge >= 0.3 is 17.9 Å². The molecule has 7 N–H and O–H groups in total. The number of carbonyl (C=O) groups excluding carboxylic acids is 5. The molecule has 0 aliphatic carbocycles. The lowest BCUT2D eigenvalue weighted by Gasteiger charge is -2.26. The zero-order valence-corrected chi connectivity index (χ0v) is 20.8. The van der Waals surface area contributed by atoms with Gasteiger partial charge in [-0.3, -0.25) is 33.6 Å². The standard InChI is InChI=1S/C22H34N4O11/c1-11(2)8-16(23-12(3)28)22(37)26-15(5-7-18(31)32)21(36)25-14(4-6-17(29)30)20(35)24-13(10-27)9-19(33)34/h10-11,13-16H,4-9H2,1-3H3,(H,23,28)(H,24,35)(H,25,36)(H,26,37)(H,29,30)(H,31,32)(H,33,34)/t13-,14-,15-,16-/m0/s1. The Hall–Kier alpha value is -4.04. The monoisotopic (exact) mass is 530 g/mol. The third kappa shape index (κ3) is 14.8. The Morgan fingerprint density at radius 1 is 0.676 bits per heavy atom. The lowest BCUT2D eigenvalue weighted by atomic mass is 10.0. The highest BCUT2D eigenvalue weighted by molar-refractivity contribution is 5.95. The topological polar surface area (TPSA) is 245 Å². The average molecular weight is 531 g/mol. The molecule has 0 bridgehead atoms. The summed E-state index contributed by atoms with van der Waals surface area (Å²) in [6.07, 6.45) is -2.38. The molecule has 0 unspecified atom stereocenters. The molecule has 0 aromatic carbocycles. The molecular weight excluding hydrogens is 496 g/mol. The SMILES string of the molecule is CC(=O)N[C@@H](CC(C)C)C(=O)N[C@@H](CCC(=O)O)C(=O)N[C@@H](CCC(=O)O)C(=O)N[C@H](C=O)CC(=O)O. The van der Waals surface area contributed by atoms with Crippen molar-refractivity contribution in [3.63, 3.8) is 0 Å². The molecule has 0 aromatic heterocycles. The van der Waals surface area contributed by atoms with Crippen LogP contribution in [0.15, 0.2) is 0 Å². The quantitative estimate of drug-likeness (QED) is 0.0994. The van der Waals surface area contributed by atoms with Crippen LogP contribution in [0.5, 0.6) is 0 Å². The van der Waals surface area contributed by atoms with Crippen molar-refractivity contribution in [2.24, 2.45) is 5.92 Å². The van der Waals surface area contributed by atoms with Gasteiger partial charge < -0.3 is 41.4 Å². The van der Waals surface area contributed by atoms with Gasteiger partial charge in [-0.1, -0.05) is 13.8 Å². The highest BCUT2D eigenvalue weighted by Gasteiger charge is 2.31. The van der Waals surface area contributed by atoms with E-state index in [4.69, 9.17) is 15.3 Å². The minimum absolute atomic E-state index is 0.0328. The smallest absolute Gasteiger partial charge is 0.305 e. The maximum atomic E-state index is 13.0. The van der Waals surface area contributed by atoms with E-state index < -0.39 is 97.8 Å². The second kappa shape index (κ2) is 16.6. The molecule has 0 aliphatic rings. The predicted molar refractivity (Wildman–Crippen MR) is 125 cm³/mol. The van der Waals surface area contributed by atoms with Crippen molar-refractivity contribution in [1.29, 1.82) is 0 Å². The van der Waals surface area contributed by atoms with Gasteiger partial charge in [0.05, 0.1) is 12.5 Å². The number of nitrogens with one attached hydrogen (secondary N) is 4.